The summed E-state index contributed by atoms with van der Waals surface area (Å²) in [5, 5.41) is 27.6. The van der Waals surface area contributed by atoms with Crippen LogP contribution in [0.2, 0.25) is 0 Å². The molecule has 6 rings (SSSR count). The maximum Gasteiger partial charge on any atom is 0.368 e. The van der Waals surface area contributed by atoms with Gasteiger partial charge in [-0.3, -0.25) is 4.79 Å². The molecular weight excluding hydrogens is 466 g/mol. The predicted octanol–water partition coefficient (Wildman–Crippen LogP) is 3.89. The van der Waals surface area contributed by atoms with Crippen LogP contribution in [-0.4, -0.2) is 36.3 Å². The van der Waals surface area contributed by atoms with E-state index in [4.69, 9.17) is 5.26 Å². The van der Waals surface area contributed by atoms with Gasteiger partial charge >= 0.3 is 5.69 Å². The predicted molar refractivity (Wildman–Crippen MR) is 137 cm³/mol. The summed E-state index contributed by atoms with van der Waals surface area (Å²) in [5.74, 6) is 3.41. The second kappa shape index (κ2) is 8.90. The van der Waals surface area contributed by atoms with Gasteiger partial charge in [0.15, 0.2) is 5.78 Å². The Bertz CT molecular complexity index is 1290. The largest absolute Gasteiger partial charge is 0.390 e. The molecule has 1 heterocycles. The van der Waals surface area contributed by atoms with Crippen LogP contribution in [0.4, 0.5) is 0 Å². The Kier molecular flexibility index (Phi) is 5.91. The highest BCUT2D eigenvalue weighted by atomic mass is 16.3. The van der Waals surface area contributed by atoms with Gasteiger partial charge in [-0.2, -0.15) is 14.6 Å². The van der Waals surface area contributed by atoms with E-state index in [1.807, 2.05) is 6.92 Å². The summed E-state index contributed by atoms with van der Waals surface area (Å²) in [5.41, 5.74) is 0.0729. The Labute approximate surface area is 217 Å². The van der Waals surface area contributed by atoms with Crippen molar-refractivity contribution in [1.82, 2.24) is 19.8 Å². The minimum absolute atomic E-state index is 0.0159. The van der Waals surface area contributed by atoms with Gasteiger partial charge in [-0.05, 0) is 134 Å². The summed E-state index contributed by atoms with van der Waals surface area (Å²) in [6, 6.07) is 8.63. The average Bonchev–Trinajstić information content (AvgIpc) is 3.42. The quantitative estimate of drug-likeness (QED) is 0.677. The van der Waals surface area contributed by atoms with Gasteiger partial charge in [0.1, 0.15) is 6.54 Å². The van der Waals surface area contributed by atoms with E-state index in [-0.39, 0.29) is 23.7 Å². The number of aliphatic hydroxyl groups is 1. The van der Waals surface area contributed by atoms with Gasteiger partial charge in [-0.1, -0.05) is 6.92 Å². The number of tetrazole rings is 1. The van der Waals surface area contributed by atoms with Crippen molar-refractivity contribution in [1.29, 1.82) is 5.26 Å². The van der Waals surface area contributed by atoms with Crippen molar-refractivity contribution in [3.05, 3.63) is 40.3 Å². The lowest BCUT2D eigenvalue weighted by atomic mass is 9.49. The molecule has 0 radical (unpaired) electrons. The summed E-state index contributed by atoms with van der Waals surface area (Å²) in [7, 11) is 0. The maximum absolute atomic E-state index is 13.6. The van der Waals surface area contributed by atoms with Gasteiger partial charge in [-0.25, -0.2) is 4.79 Å². The molecular formula is C29H37N5O3. The smallest absolute Gasteiger partial charge is 0.368 e. The van der Waals surface area contributed by atoms with Gasteiger partial charge in [0, 0.05) is 5.92 Å². The molecule has 0 aliphatic heterocycles. The first-order valence-electron chi connectivity index (χ1n) is 14.0. The van der Waals surface area contributed by atoms with E-state index < -0.39 is 11.3 Å². The summed E-state index contributed by atoms with van der Waals surface area (Å²) in [6.45, 7) is 4.29. The first-order chi connectivity index (χ1) is 17.7. The number of hydrogen-bond donors (Lipinski definition) is 1. The molecule has 4 aliphatic rings. The molecule has 37 heavy (non-hydrogen) atoms. The summed E-state index contributed by atoms with van der Waals surface area (Å²) >= 11 is 0. The monoisotopic (exact) mass is 503 g/mol. The summed E-state index contributed by atoms with van der Waals surface area (Å²) < 4.78 is 2.36. The lowest BCUT2D eigenvalue weighted by molar-refractivity contribution is -0.133. The van der Waals surface area contributed by atoms with Crippen LogP contribution in [0.1, 0.15) is 77.2 Å². The van der Waals surface area contributed by atoms with Gasteiger partial charge in [-0.15, -0.1) is 0 Å². The van der Waals surface area contributed by atoms with Crippen molar-refractivity contribution < 1.29 is 9.90 Å². The number of rotatable bonds is 4. The van der Waals surface area contributed by atoms with Crippen LogP contribution in [0.5, 0.6) is 0 Å². The van der Waals surface area contributed by atoms with Crippen molar-refractivity contribution in [2.24, 2.45) is 40.9 Å². The molecule has 1 aromatic heterocycles. The highest BCUT2D eigenvalue weighted by Gasteiger charge is 2.58. The fourth-order valence-electron chi connectivity index (χ4n) is 9.08. The average molecular weight is 504 g/mol. The van der Waals surface area contributed by atoms with Crippen LogP contribution < -0.4 is 5.69 Å². The minimum Gasteiger partial charge on any atom is -0.390 e. The highest BCUT2D eigenvalue weighted by molar-refractivity contribution is 5.82. The fraction of sp³-hybridized carbons (Fsp3) is 0.690. The maximum atomic E-state index is 13.6. The van der Waals surface area contributed by atoms with Gasteiger partial charge in [0.2, 0.25) is 0 Å². The van der Waals surface area contributed by atoms with Gasteiger partial charge in [0.05, 0.1) is 22.9 Å². The van der Waals surface area contributed by atoms with E-state index in [9.17, 15) is 14.7 Å². The Morgan fingerprint density at radius 1 is 1.03 bits per heavy atom. The number of benzene rings is 1. The number of ketones is 1. The number of aromatic nitrogens is 4. The number of carbonyl (C=O) groups is 1. The Morgan fingerprint density at radius 3 is 2.54 bits per heavy atom. The molecule has 0 saturated heterocycles. The van der Waals surface area contributed by atoms with Gasteiger partial charge in [0.25, 0.3) is 0 Å². The van der Waals surface area contributed by atoms with Crippen molar-refractivity contribution in [3.8, 4) is 11.8 Å². The molecule has 1 N–H and O–H groups in total. The zero-order valence-corrected chi connectivity index (χ0v) is 21.8. The molecule has 0 bridgehead atoms. The molecule has 2 aromatic rings. The molecule has 1 aromatic carbocycles. The number of Topliss-reactive ketones (excluding diaryl/α,β-unsaturated/α-hetero) is 1. The van der Waals surface area contributed by atoms with E-state index >= 15 is 0 Å². The van der Waals surface area contributed by atoms with Crippen molar-refractivity contribution in [3.63, 3.8) is 0 Å². The Morgan fingerprint density at radius 2 is 1.78 bits per heavy atom. The van der Waals surface area contributed by atoms with Crippen molar-refractivity contribution in [2.75, 3.05) is 0 Å². The molecule has 196 valence electrons. The third kappa shape index (κ3) is 4.06. The molecule has 4 aliphatic carbocycles. The number of carbonyl (C=O) groups excluding carboxylic acids is 1. The van der Waals surface area contributed by atoms with E-state index in [2.05, 4.69) is 23.4 Å². The molecule has 4 fully saturated rings. The second-order valence-electron chi connectivity index (χ2n) is 12.8. The fourth-order valence-corrected chi connectivity index (χ4v) is 9.08. The zero-order valence-electron chi connectivity index (χ0n) is 21.8. The molecule has 4 saturated carbocycles. The van der Waals surface area contributed by atoms with Crippen LogP contribution in [0, 0.1) is 52.3 Å². The summed E-state index contributed by atoms with van der Waals surface area (Å²) in [6.07, 6.45) is 9.67. The molecule has 0 unspecified atom stereocenters. The summed E-state index contributed by atoms with van der Waals surface area (Å²) in [4.78, 5) is 26.6. The van der Waals surface area contributed by atoms with Crippen molar-refractivity contribution >= 4 is 5.78 Å². The molecule has 8 atom stereocenters. The molecule has 0 spiro atoms. The number of nitriles is 1. The Balaban J connectivity index is 1.16. The SMILES string of the molecule is C[C@@]1(O)CC[C@H]2[C@H](CC[C@@H]3[C@@H]2CC[C@]2(C)[C@@H](C(=O)Cn4nnn(-c5ccc(C#N)cc5)c4=O)CC[C@@H]32)C1. The van der Waals surface area contributed by atoms with Crippen molar-refractivity contribution in [2.45, 2.75) is 83.8 Å². The van der Waals surface area contributed by atoms with Crippen LogP contribution in [-0.2, 0) is 11.3 Å². The third-order valence-electron chi connectivity index (χ3n) is 10.8. The number of nitrogens with zero attached hydrogens (tertiary/aromatic N) is 5. The topological polar surface area (TPSA) is 114 Å². The van der Waals surface area contributed by atoms with Crippen LogP contribution in [0.15, 0.2) is 29.1 Å². The van der Waals surface area contributed by atoms with E-state index in [0.29, 0.717) is 29.0 Å². The standard InChI is InChI=1S/C29H37N5O3/c1-28(37)13-11-21-19(15-28)5-8-23-22(21)12-14-29(2)24(23)9-10-25(29)26(35)17-33-27(36)34(32-31-33)20-6-3-18(16-30)4-7-20/h3-4,6-7,19,21-25,37H,5,8-15,17H2,1-2H3/t19-,21+,22-,23-,24+,25-,28-,29+/m1/s1. The first kappa shape index (κ1) is 24.5. The van der Waals surface area contributed by atoms with E-state index in [0.717, 1.165) is 50.4 Å². The normalized spacial score (nSPS) is 38.8. The van der Waals surface area contributed by atoms with E-state index in [1.165, 1.54) is 28.6 Å². The molecule has 0 amide bonds. The minimum atomic E-state index is -0.498. The zero-order chi connectivity index (χ0) is 25.9. The number of hydrogen-bond acceptors (Lipinski definition) is 6. The lowest BCUT2D eigenvalue weighted by Gasteiger charge is -2.56. The van der Waals surface area contributed by atoms with E-state index in [1.54, 1.807) is 24.3 Å². The lowest BCUT2D eigenvalue weighted by Crippen LogP contribution is -2.51. The Hall–Kier alpha value is -2.79. The first-order valence-corrected chi connectivity index (χ1v) is 14.0. The molecule has 8 heteroatoms. The van der Waals surface area contributed by atoms with Crippen LogP contribution in [0.3, 0.4) is 0 Å². The highest BCUT2D eigenvalue weighted by Crippen LogP contribution is 2.64. The van der Waals surface area contributed by atoms with Gasteiger partial charge < -0.3 is 5.11 Å². The molecule has 8 nitrogen and oxygen atoms in total. The number of fused-ring (bicyclic) bond motifs is 5. The second-order valence-corrected chi connectivity index (χ2v) is 12.8. The van der Waals surface area contributed by atoms with Crippen LogP contribution >= 0.6 is 0 Å². The third-order valence-corrected chi connectivity index (χ3v) is 10.8. The van der Waals surface area contributed by atoms with Crippen LogP contribution in [0.25, 0.3) is 5.69 Å².